The average Bonchev–Trinajstić information content (AvgIpc) is 2.64. The zero-order valence-electron chi connectivity index (χ0n) is 9.96. The van der Waals surface area contributed by atoms with E-state index in [0.717, 1.165) is 17.6 Å². The van der Waals surface area contributed by atoms with E-state index in [4.69, 9.17) is 4.74 Å². The second-order valence-corrected chi connectivity index (χ2v) is 5.49. The van der Waals surface area contributed by atoms with Gasteiger partial charge in [0.25, 0.3) is 0 Å². The molecule has 4 heteroatoms. The second kappa shape index (κ2) is 5.46. The van der Waals surface area contributed by atoms with Crippen LogP contribution >= 0.6 is 15.9 Å². The Kier molecular flexibility index (Phi) is 4.17. The Bertz CT molecular complexity index is 387. The van der Waals surface area contributed by atoms with E-state index in [1.807, 2.05) is 18.2 Å². The maximum absolute atomic E-state index is 14.2. The Hall–Kier alpha value is -0.450. The van der Waals surface area contributed by atoms with E-state index in [0.29, 0.717) is 13.0 Å². The van der Waals surface area contributed by atoms with E-state index in [1.165, 1.54) is 5.56 Å². The number of rotatable bonds is 4. The van der Waals surface area contributed by atoms with Gasteiger partial charge in [-0.15, -0.1) is 0 Å². The summed E-state index contributed by atoms with van der Waals surface area (Å²) in [5, 5.41) is 0. The third-order valence-electron chi connectivity index (χ3n) is 3.14. The number of hydrogen-bond donors (Lipinski definition) is 0. The molecule has 0 amide bonds. The minimum atomic E-state index is -1.17. The zero-order valence-corrected chi connectivity index (χ0v) is 11.5. The lowest BCUT2D eigenvalue weighted by molar-refractivity contribution is 0.0467. The molecule has 1 atom stereocenters. The lowest BCUT2D eigenvalue weighted by Crippen LogP contribution is -2.33. The number of hydrogen-bond acceptors (Lipinski definition) is 2. The number of methoxy groups -OCH3 is 1. The molecule has 1 unspecified atom stereocenters. The molecule has 0 spiro atoms. The highest BCUT2D eigenvalue weighted by Gasteiger charge is 2.38. The van der Waals surface area contributed by atoms with Crippen LogP contribution in [-0.4, -0.2) is 37.4 Å². The Morgan fingerprint density at radius 2 is 2.24 bits per heavy atom. The summed E-state index contributed by atoms with van der Waals surface area (Å²) in [6, 6.07) is 8.08. The molecule has 1 aromatic carbocycles. The van der Waals surface area contributed by atoms with Crippen molar-refractivity contribution in [3.63, 3.8) is 0 Å². The van der Waals surface area contributed by atoms with Crippen LogP contribution in [-0.2, 0) is 11.3 Å². The van der Waals surface area contributed by atoms with Gasteiger partial charge in [0.15, 0.2) is 0 Å². The lowest BCUT2D eigenvalue weighted by Gasteiger charge is -2.20. The van der Waals surface area contributed by atoms with Crippen molar-refractivity contribution in [3.05, 3.63) is 34.3 Å². The Balaban J connectivity index is 1.96. The molecule has 0 aliphatic carbocycles. The largest absolute Gasteiger partial charge is 0.381 e. The standard InChI is InChI=1S/C13H17BrFNO/c1-17-10-13(15)6-7-16(9-13)8-11-4-2-3-5-12(11)14/h2-5H,6-10H2,1H3. The molecule has 1 heterocycles. The molecule has 1 aromatic rings. The third-order valence-corrected chi connectivity index (χ3v) is 3.91. The van der Waals surface area contributed by atoms with Gasteiger partial charge in [0.2, 0.25) is 0 Å². The minimum Gasteiger partial charge on any atom is -0.381 e. The van der Waals surface area contributed by atoms with E-state index in [2.05, 4.69) is 26.9 Å². The van der Waals surface area contributed by atoms with Crippen molar-refractivity contribution in [1.82, 2.24) is 4.90 Å². The minimum absolute atomic E-state index is 0.194. The van der Waals surface area contributed by atoms with Crippen LogP contribution in [0.3, 0.4) is 0 Å². The second-order valence-electron chi connectivity index (χ2n) is 4.64. The van der Waals surface area contributed by atoms with Gasteiger partial charge in [-0.25, -0.2) is 4.39 Å². The first kappa shape index (κ1) is 13.0. The SMILES string of the molecule is COCC1(F)CCN(Cc2ccccc2Br)C1. The van der Waals surface area contributed by atoms with E-state index >= 15 is 0 Å². The molecule has 0 saturated carbocycles. The van der Waals surface area contributed by atoms with Gasteiger partial charge in [0.1, 0.15) is 5.67 Å². The topological polar surface area (TPSA) is 12.5 Å². The summed E-state index contributed by atoms with van der Waals surface area (Å²) < 4.78 is 20.2. The summed E-state index contributed by atoms with van der Waals surface area (Å²) in [6.45, 7) is 2.24. The van der Waals surface area contributed by atoms with Gasteiger partial charge in [-0.2, -0.15) is 0 Å². The molecule has 2 nitrogen and oxygen atoms in total. The van der Waals surface area contributed by atoms with Crippen LogP contribution in [0.25, 0.3) is 0 Å². The van der Waals surface area contributed by atoms with Crippen molar-refractivity contribution in [2.45, 2.75) is 18.6 Å². The van der Waals surface area contributed by atoms with Crippen LogP contribution in [0, 0.1) is 0 Å². The predicted molar refractivity (Wildman–Crippen MR) is 69.8 cm³/mol. The fourth-order valence-electron chi connectivity index (χ4n) is 2.30. The van der Waals surface area contributed by atoms with Crippen LogP contribution in [0.15, 0.2) is 28.7 Å². The van der Waals surface area contributed by atoms with Crippen molar-refractivity contribution < 1.29 is 9.13 Å². The Labute approximate surface area is 110 Å². The fourth-order valence-corrected chi connectivity index (χ4v) is 2.71. The molecule has 0 radical (unpaired) electrons. The summed E-state index contributed by atoms with van der Waals surface area (Å²) in [6.07, 6.45) is 0.561. The summed E-state index contributed by atoms with van der Waals surface area (Å²) in [7, 11) is 1.55. The van der Waals surface area contributed by atoms with Crippen molar-refractivity contribution in [2.24, 2.45) is 0 Å². The van der Waals surface area contributed by atoms with Crippen LogP contribution in [0.1, 0.15) is 12.0 Å². The van der Waals surface area contributed by atoms with E-state index in [-0.39, 0.29) is 6.61 Å². The monoisotopic (exact) mass is 301 g/mol. The molecule has 94 valence electrons. The van der Waals surface area contributed by atoms with Gasteiger partial charge in [0, 0.05) is 31.2 Å². The molecular weight excluding hydrogens is 285 g/mol. The molecule has 1 saturated heterocycles. The quantitative estimate of drug-likeness (QED) is 0.848. The first-order valence-electron chi connectivity index (χ1n) is 5.77. The maximum atomic E-state index is 14.2. The van der Waals surface area contributed by atoms with E-state index < -0.39 is 5.67 Å². The maximum Gasteiger partial charge on any atom is 0.148 e. The van der Waals surface area contributed by atoms with Gasteiger partial charge in [-0.3, -0.25) is 4.90 Å². The first-order valence-corrected chi connectivity index (χ1v) is 6.56. The van der Waals surface area contributed by atoms with Crippen molar-refractivity contribution >= 4 is 15.9 Å². The molecule has 2 rings (SSSR count). The van der Waals surface area contributed by atoms with Crippen molar-refractivity contribution in [1.29, 1.82) is 0 Å². The van der Waals surface area contributed by atoms with Gasteiger partial charge < -0.3 is 4.74 Å². The summed E-state index contributed by atoms with van der Waals surface area (Å²) in [4.78, 5) is 2.14. The van der Waals surface area contributed by atoms with E-state index in [1.54, 1.807) is 7.11 Å². The predicted octanol–water partition coefficient (Wildman–Crippen LogP) is 3.01. The fraction of sp³-hybridized carbons (Fsp3) is 0.538. The van der Waals surface area contributed by atoms with Crippen molar-refractivity contribution in [3.8, 4) is 0 Å². The third kappa shape index (κ3) is 3.27. The van der Waals surface area contributed by atoms with Crippen molar-refractivity contribution in [2.75, 3.05) is 26.8 Å². The molecule has 1 aliphatic heterocycles. The van der Waals surface area contributed by atoms with Crippen LogP contribution in [0.4, 0.5) is 4.39 Å². The molecule has 0 bridgehead atoms. The highest BCUT2D eigenvalue weighted by molar-refractivity contribution is 9.10. The molecule has 0 aromatic heterocycles. The molecule has 0 N–H and O–H groups in total. The number of halogens is 2. The van der Waals surface area contributed by atoms with Gasteiger partial charge in [0.05, 0.1) is 6.61 Å². The van der Waals surface area contributed by atoms with E-state index in [9.17, 15) is 4.39 Å². The highest BCUT2D eigenvalue weighted by Crippen LogP contribution is 2.28. The van der Waals surface area contributed by atoms with Gasteiger partial charge in [-0.05, 0) is 18.1 Å². The molecule has 1 aliphatic rings. The van der Waals surface area contributed by atoms with Gasteiger partial charge in [-0.1, -0.05) is 34.1 Å². The number of alkyl halides is 1. The lowest BCUT2D eigenvalue weighted by atomic mass is 10.1. The number of benzene rings is 1. The molecule has 17 heavy (non-hydrogen) atoms. The molecular formula is C13H17BrFNO. The summed E-state index contributed by atoms with van der Waals surface area (Å²) >= 11 is 3.52. The molecule has 1 fully saturated rings. The summed E-state index contributed by atoms with van der Waals surface area (Å²) in [5.74, 6) is 0. The number of nitrogens with zero attached hydrogens (tertiary/aromatic N) is 1. The number of ether oxygens (including phenoxy) is 1. The smallest absolute Gasteiger partial charge is 0.148 e. The van der Waals surface area contributed by atoms with Crippen LogP contribution in [0.5, 0.6) is 0 Å². The highest BCUT2D eigenvalue weighted by atomic mass is 79.9. The normalized spacial score (nSPS) is 25.4. The number of likely N-dealkylation sites (tertiary alicyclic amines) is 1. The van der Waals surface area contributed by atoms with Crippen LogP contribution in [0.2, 0.25) is 0 Å². The van der Waals surface area contributed by atoms with Gasteiger partial charge >= 0.3 is 0 Å². The summed E-state index contributed by atoms with van der Waals surface area (Å²) in [5.41, 5.74) is 0.0323. The average molecular weight is 302 g/mol. The Morgan fingerprint density at radius 1 is 1.47 bits per heavy atom. The first-order chi connectivity index (χ1) is 8.13. The zero-order chi connectivity index (χ0) is 12.3. The van der Waals surface area contributed by atoms with Crippen LogP contribution < -0.4 is 0 Å². The Morgan fingerprint density at radius 3 is 2.94 bits per heavy atom.